The van der Waals surface area contributed by atoms with Gasteiger partial charge in [-0.05, 0) is 41.7 Å². The number of aromatic hydroxyl groups is 1. The third-order valence-electron chi connectivity index (χ3n) is 7.56. The number of ketones is 2. The Kier molecular flexibility index (Phi) is 5.26. The van der Waals surface area contributed by atoms with Gasteiger partial charge in [-0.1, -0.05) is 90.5 Å². The van der Waals surface area contributed by atoms with Crippen molar-refractivity contribution >= 4 is 17.1 Å². The summed E-state index contributed by atoms with van der Waals surface area (Å²) in [5.41, 5.74) is 6.56. The fourth-order valence-corrected chi connectivity index (χ4v) is 6.06. The largest absolute Gasteiger partial charge is 0.504 e. The van der Waals surface area contributed by atoms with Gasteiger partial charge in [0, 0.05) is 17.9 Å². The quantitative estimate of drug-likeness (QED) is 0.341. The lowest BCUT2D eigenvalue weighted by Crippen LogP contribution is -2.18. The molecule has 1 aromatic heterocycles. The highest BCUT2D eigenvalue weighted by atomic mass is 16.4. The van der Waals surface area contributed by atoms with Crippen LogP contribution < -0.4 is 0 Å². The van der Waals surface area contributed by atoms with Crippen LogP contribution in [0.4, 0.5) is 0 Å². The number of fused-ring (bicyclic) bond motifs is 2. The summed E-state index contributed by atoms with van der Waals surface area (Å²) in [6, 6.07) is 27.7. The van der Waals surface area contributed by atoms with E-state index in [2.05, 4.69) is 31.2 Å². The SMILES string of the molecule is CC(=O)C1C(=O)C(c2oc3c(c2O)C(c2ccccc2)C(c2ccccc2)=C(C)C3)c2ccccc21. The van der Waals surface area contributed by atoms with Crippen molar-refractivity contribution in [3.8, 4) is 5.75 Å². The summed E-state index contributed by atoms with van der Waals surface area (Å²) in [5.74, 6) is -1.40. The first-order valence-electron chi connectivity index (χ1n) is 12.2. The molecular weight excluding hydrogens is 448 g/mol. The average molecular weight is 475 g/mol. The lowest BCUT2D eigenvalue weighted by atomic mass is 9.74. The van der Waals surface area contributed by atoms with E-state index < -0.39 is 11.8 Å². The molecule has 4 heteroatoms. The van der Waals surface area contributed by atoms with Crippen LogP contribution in [0.2, 0.25) is 0 Å². The van der Waals surface area contributed by atoms with Crippen molar-refractivity contribution in [3.05, 3.63) is 130 Å². The molecule has 0 bridgehead atoms. The van der Waals surface area contributed by atoms with Crippen molar-refractivity contribution in [2.24, 2.45) is 0 Å². The zero-order valence-corrected chi connectivity index (χ0v) is 20.2. The Labute approximate surface area is 209 Å². The standard InChI is InChI=1S/C32H26O4/c1-18-17-24-29(27(21-13-7-4-8-14-21)25(18)20-11-5-3-6-12-20)31(35)32(36-24)28-23-16-10-9-15-22(23)26(19(2)33)30(28)34/h3-16,26-28,35H,17H2,1-2H3. The van der Waals surface area contributed by atoms with E-state index in [1.54, 1.807) is 0 Å². The highest BCUT2D eigenvalue weighted by Gasteiger charge is 2.47. The molecule has 1 heterocycles. The van der Waals surface area contributed by atoms with Crippen LogP contribution >= 0.6 is 0 Å². The first-order valence-corrected chi connectivity index (χ1v) is 12.2. The number of carbonyl (C=O) groups excluding carboxylic acids is 2. The van der Waals surface area contributed by atoms with Gasteiger partial charge in [0.25, 0.3) is 0 Å². The average Bonchev–Trinajstić information content (AvgIpc) is 3.36. The highest BCUT2D eigenvalue weighted by Crippen LogP contribution is 2.54. The van der Waals surface area contributed by atoms with E-state index in [9.17, 15) is 14.7 Å². The molecule has 6 rings (SSSR count). The van der Waals surface area contributed by atoms with Crippen molar-refractivity contribution in [3.63, 3.8) is 0 Å². The van der Waals surface area contributed by atoms with E-state index in [4.69, 9.17) is 4.42 Å². The molecule has 2 aliphatic rings. The van der Waals surface area contributed by atoms with Gasteiger partial charge < -0.3 is 9.52 Å². The van der Waals surface area contributed by atoms with Crippen molar-refractivity contribution in [1.82, 2.24) is 0 Å². The smallest absolute Gasteiger partial charge is 0.162 e. The predicted octanol–water partition coefficient (Wildman–Crippen LogP) is 6.53. The molecule has 0 fully saturated rings. The van der Waals surface area contributed by atoms with Crippen LogP contribution in [-0.4, -0.2) is 16.7 Å². The summed E-state index contributed by atoms with van der Waals surface area (Å²) in [6.45, 7) is 3.54. The molecule has 2 aliphatic carbocycles. The molecule has 0 saturated carbocycles. The third kappa shape index (κ3) is 3.29. The maximum Gasteiger partial charge on any atom is 0.162 e. The molecule has 0 aliphatic heterocycles. The molecular formula is C32H26O4. The molecule has 0 saturated heterocycles. The summed E-state index contributed by atoms with van der Waals surface area (Å²) >= 11 is 0. The summed E-state index contributed by atoms with van der Waals surface area (Å²) in [7, 11) is 0. The van der Waals surface area contributed by atoms with Crippen molar-refractivity contribution in [2.45, 2.75) is 38.0 Å². The van der Waals surface area contributed by atoms with Crippen LogP contribution in [0.25, 0.3) is 5.57 Å². The van der Waals surface area contributed by atoms with Gasteiger partial charge in [0.2, 0.25) is 0 Å². The first-order chi connectivity index (χ1) is 17.5. The van der Waals surface area contributed by atoms with Crippen molar-refractivity contribution in [2.75, 3.05) is 0 Å². The second-order valence-corrected chi connectivity index (χ2v) is 9.74. The molecule has 0 spiro atoms. The van der Waals surface area contributed by atoms with E-state index in [0.717, 1.165) is 27.8 Å². The highest BCUT2D eigenvalue weighted by molar-refractivity contribution is 6.13. The van der Waals surface area contributed by atoms with Gasteiger partial charge in [0.05, 0.1) is 0 Å². The fraction of sp³-hybridized carbons (Fsp3) is 0.188. The number of allylic oxidation sites excluding steroid dienone is 2. The molecule has 4 aromatic rings. The second-order valence-electron chi connectivity index (χ2n) is 9.74. The Morgan fingerprint density at radius 1 is 0.861 bits per heavy atom. The van der Waals surface area contributed by atoms with Gasteiger partial charge in [-0.25, -0.2) is 0 Å². The Hall–Kier alpha value is -4.18. The molecule has 3 aromatic carbocycles. The summed E-state index contributed by atoms with van der Waals surface area (Å²) in [6.07, 6.45) is 0.537. The third-order valence-corrected chi connectivity index (χ3v) is 7.56. The topological polar surface area (TPSA) is 67.5 Å². The zero-order valence-electron chi connectivity index (χ0n) is 20.2. The van der Waals surface area contributed by atoms with Crippen LogP contribution in [0.1, 0.15) is 70.9 Å². The minimum absolute atomic E-state index is 0.0112. The summed E-state index contributed by atoms with van der Waals surface area (Å²) in [4.78, 5) is 26.0. The Bertz CT molecular complexity index is 1530. The minimum Gasteiger partial charge on any atom is -0.504 e. The van der Waals surface area contributed by atoms with Crippen molar-refractivity contribution in [1.29, 1.82) is 0 Å². The van der Waals surface area contributed by atoms with Crippen LogP contribution in [-0.2, 0) is 16.0 Å². The monoisotopic (exact) mass is 474 g/mol. The number of rotatable bonds is 4. The van der Waals surface area contributed by atoms with Gasteiger partial charge >= 0.3 is 0 Å². The normalized spacial score (nSPS) is 20.8. The predicted molar refractivity (Wildman–Crippen MR) is 138 cm³/mol. The van der Waals surface area contributed by atoms with Gasteiger partial charge in [0.1, 0.15) is 23.4 Å². The van der Waals surface area contributed by atoms with Crippen LogP contribution in [0, 0.1) is 0 Å². The number of benzene rings is 3. The molecule has 0 amide bonds. The van der Waals surface area contributed by atoms with Gasteiger partial charge in [0.15, 0.2) is 17.3 Å². The Morgan fingerprint density at radius 2 is 1.47 bits per heavy atom. The molecule has 3 atom stereocenters. The number of carbonyl (C=O) groups is 2. The van der Waals surface area contributed by atoms with Crippen molar-refractivity contribution < 1.29 is 19.1 Å². The van der Waals surface area contributed by atoms with E-state index in [1.807, 2.05) is 60.7 Å². The maximum absolute atomic E-state index is 13.6. The maximum atomic E-state index is 13.6. The van der Waals surface area contributed by atoms with E-state index in [-0.39, 0.29) is 29.0 Å². The molecule has 1 N–H and O–H groups in total. The Morgan fingerprint density at radius 3 is 2.14 bits per heavy atom. The lowest BCUT2D eigenvalue weighted by molar-refractivity contribution is -0.127. The van der Waals surface area contributed by atoms with E-state index in [1.165, 1.54) is 6.92 Å². The van der Waals surface area contributed by atoms with Gasteiger partial charge in [-0.2, -0.15) is 0 Å². The van der Waals surface area contributed by atoms with Crippen LogP contribution in [0.15, 0.2) is 94.9 Å². The van der Waals surface area contributed by atoms with Gasteiger partial charge in [-0.15, -0.1) is 0 Å². The van der Waals surface area contributed by atoms with E-state index in [0.29, 0.717) is 23.3 Å². The molecule has 178 valence electrons. The molecule has 0 radical (unpaired) electrons. The Balaban J connectivity index is 1.56. The second kappa shape index (κ2) is 8.49. The fourth-order valence-electron chi connectivity index (χ4n) is 6.06. The number of hydrogen-bond acceptors (Lipinski definition) is 4. The minimum atomic E-state index is -0.836. The summed E-state index contributed by atoms with van der Waals surface area (Å²) in [5, 5.41) is 11.7. The zero-order chi connectivity index (χ0) is 25.0. The van der Waals surface area contributed by atoms with Crippen LogP contribution in [0.3, 0.4) is 0 Å². The molecule has 3 unspecified atom stereocenters. The van der Waals surface area contributed by atoms with E-state index >= 15 is 0 Å². The number of furan rings is 1. The lowest BCUT2D eigenvalue weighted by Gasteiger charge is -2.28. The number of Topliss-reactive ketones (excluding diaryl/α,β-unsaturated/α-hetero) is 2. The molecule has 36 heavy (non-hydrogen) atoms. The summed E-state index contributed by atoms with van der Waals surface area (Å²) < 4.78 is 6.37. The van der Waals surface area contributed by atoms with Gasteiger partial charge in [-0.3, -0.25) is 9.59 Å². The first kappa shape index (κ1) is 22.3. The molecule has 4 nitrogen and oxygen atoms in total. The van der Waals surface area contributed by atoms with Crippen LogP contribution in [0.5, 0.6) is 5.75 Å². The number of hydrogen-bond donors (Lipinski definition) is 1.